The molecule has 0 N–H and O–H groups in total. The molecule has 2 nitrogen and oxygen atoms in total. The molecule has 2 saturated heterocycles. The highest BCUT2D eigenvalue weighted by Crippen LogP contribution is 2.43. The van der Waals surface area contributed by atoms with E-state index in [4.69, 9.17) is 0 Å². The van der Waals surface area contributed by atoms with E-state index >= 15 is 0 Å². The molecule has 2 fully saturated rings. The van der Waals surface area contributed by atoms with Gasteiger partial charge in [-0.3, -0.25) is 9.89 Å². The molecule has 1 unspecified atom stereocenters. The van der Waals surface area contributed by atoms with Gasteiger partial charge in [0.05, 0.1) is 12.1 Å². The van der Waals surface area contributed by atoms with Gasteiger partial charge in [0, 0.05) is 12.3 Å². The Hall–Kier alpha value is -0.370. The van der Waals surface area contributed by atoms with Crippen LogP contribution in [-0.4, -0.2) is 35.8 Å². The number of nitrogens with zero attached hydrogens (tertiary/aromatic N) is 2. The molecule has 0 aromatic heterocycles. The van der Waals surface area contributed by atoms with Crippen LogP contribution >= 0.6 is 0 Å². The largest absolute Gasteiger partial charge is 0.288 e. The first kappa shape index (κ1) is 4.45. The van der Waals surface area contributed by atoms with Crippen molar-refractivity contribution in [3.05, 3.63) is 0 Å². The summed E-state index contributed by atoms with van der Waals surface area (Å²) in [5.41, 5.74) is 2.06. The lowest BCUT2D eigenvalue weighted by atomic mass is 9.78. The summed E-state index contributed by atoms with van der Waals surface area (Å²) in [5, 5.41) is 0. The molecule has 1 atom stereocenters. The molecule has 0 aromatic rings. The molecule has 3 aliphatic heterocycles. The van der Waals surface area contributed by atoms with E-state index in [9.17, 15) is 0 Å². The van der Waals surface area contributed by atoms with Crippen LogP contribution in [0.2, 0.25) is 0 Å². The zero-order valence-electron chi connectivity index (χ0n) is 5.43. The van der Waals surface area contributed by atoms with Crippen molar-refractivity contribution in [2.75, 3.05) is 19.6 Å². The summed E-state index contributed by atoms with van der Waals surface area (Å²) in [4.78, 5) is 6.92. The zero-order chi connectivity index (χ0) is 5.90. The van der Waals surface area contributed by atoms with Crippen LogP contribution in [0.25, 0.3) is 0 Å². The molecular formula is C7H10N2. The van der Waals surface area contributed by atoms with Gasteiger partial charge in [0.1, 0.15) is 0 Å². The molecule has 9 heavy (non-hydrogen) atoms. The van der Waals surface area contributed by atoms with Gasteiger partial charge in [-0.1, -0.05) is 0 Å². The molecule has 48 valence electrons. The zero-order valence-corrected chi connectivity index (χ0v) is 5.43. The van der Waals surface area contributed by atoms with Crippen molar-refractivity contribution in [3.63, 3.8) is 0 Å². The van der Waals surface area contributed by atoms with Gasteiger partial charge in [0.2, 0.25) is 0 Å². The maximum absolute atomic E-state index is 4.35. The van der Waals surface area contributed by atoms with Crippen LogP contribution in [0, 0.1) is 0 Å². The van der Waals surface area contributed by atoms with E-state index in [0.29, 0.717) is 5.54 Å². The van der Waals surface area contributed by atoms with Gasteiger partial charge in [-0.05, 0) is 19.4 Å². The summed E-state index contributed by atoms with van der Waals surface area (Å²) in [5.74, 6) is 0. The summed E-state index contributed by atoms with van der Waals surface area (Å²) >= 11 is 0. The van der Waals surface area contributed by atoms with E-state index in [-0.39, 0.29) is 0 Å². The molecule has 0 radical (unpaired) electrons. The fourth-order valence-electron chi connectivity index (χ4n) is 2.33. The van der Waals surface area contributed by atoms with E-state index in [1.54, 1.807) is 0 Å². The second-order valence-electron chi connectivity index (χ2n) is 3.32. The number of hydrogen-bond donors (Lipinski definition) is 0. The quantitative estimate of drug-likeness (QED) is 0.451. The molecule has 0 bridgehead atoms. The van der Waals surface area contributed by atoms with Crippen LogP contribution in [0.1, 0.15) is 12.8 Å². The third kappa shape index (κ3) is 0.295. The first-order valence-corrected chi connectivity index (χ1v) is 3.71. The average molecular weight is 122 g/mol. The first-order valence-electron chi connectivity index (χ1n) is 3.71. The Morgan fingerprint density at radius 1 is 1.56 bits per heavy atom. The molecular weight excluding hydrogens is 112 g/mol. The fraction of sp³-hybridized carbons (Fsp3) is 0.857. The van der Waals surface area contributed by atoms with Crippen LogP contribution in [0.5, 0.6) is 0 Å². The number of aliphatic imine (C=N–C) groups is 1. The van der Waals surface area contributed by atoms with E-state index in [1.165, 1.54) is 31.6 Å². The van der Waals surface area contributed by atoms with Crippen molar-refractivity contribution in [2.45, 2.75) is 18.4 Å². The highest BCUT2D eigenvalue weighted by atomic mass is 15.4. The Morgan fingerprint density at radius 2 is 2.56 bits per heavy atom. The molecule has 1 spiro atoms. The van der Waals surface area contributed by atoms with Gasteiger partial charge in [0.15, 0.2) is 0 Å². The molecule has 2 heteroatoms. The summed E-state index contributed by atoms with van der Waals surface area (Å²) in [7, 11) is 0. The second kappa shape index (κ2) is 1.08. The van der Waals surface area contributed by atoms with Crippen LogP contribution in [0.4, 0.5) is 0 Å². The van der Waals surface area contributed by atoms with E-state index in [1.807, 2.05) is 0 Å². The van der Waals surface area contributed by atoms with Crippen LogP contribution in [0.3, 0.4) is 0 Å². The third-order valence-electron chi connectivity index (χ3n) is 3.03. The van der Waals surface area contributed by atoms with Gasteiger partial charge in [-0.2, -0.15) is 0 Å². The van der Waals surface area contributed by atoms with Crippen molar-refractivity contribution < 1.29 is 0 Å². The monoisotopic (exact) mass is 122 g/mol. The highest BCUT2D eigenvalue weighted by molar-refractivity contribution is 6.05. The maximum atomic E-state index is 4.35. The summed E-state index contributed by atoms with van der Waals surface area (Å²) in [6, 6.07) is 0. The van der Waals surface area contributed by atoms with Crippen LogP contribution in [0.15, 0.2) is 4.99 Å². The number of hydrogen-bond acceptors (Lipinski definition) is 2. The molecule has 0 aliphatic carbocycles. The van der Waals surface area contributed by atoms with Crippen molar-refractivity contribution in [3.8, 4) is 0 Å². The van der Waals surface area contributed by atoms with Crippen LogP contribution < -0.4 is 0 Å². The molecule has 0 amide bonds. The first-order chi connectivity index (χ1) is 4.42. The topological polar surface area (TPSA) is 15.6 Å². The Balaban J connectivity index is 2.06. The molecule has 0 saturated carbocycles. The maximum Gasteiger partial charge on any atom is 0.0804 e. The lowest BCUT2D eigenvalue weighted by Crippen LogP contribution is -2.71. The minimum atomic E-state index is 0.556. The number of rotatable bonds is 0. The highest BCUT2D eigenvalue weighted by Gasteiger charge is 2.57. The minimum absolute atomic E-state index is 0.556. The molecule has 3 aliphatic rings. The predicted octanol–water partition coefficient (Wildman–Crippen LogP) is 0.289. The molecule has 3 rings (SSSR count). The van der Waals surface area contributed by atoms with Gasteiger partial charge >= 0.3 is 0 Å². The van der Waals surface area contributed by atoms with Gasteiger partial charge in [0.25, 0.3) is 0 Å². The summed E-state index contributed by atoms with van der Waals surface area (Å²) in [6.07, 6.45) is 2.80. The summed E-state index contributed by atoms with van der Waals surface area (Å²) < 4.78 is 0. The minimum Gasteiger partial charge on any atom is -0.288 e. The van der Waals surface area contributed by atoms with Gasteiger partial charge < -0.3 is 0 Å². The standard InChI is InChI=1S/C7H10N2/c1-2-7-5-8-6(7)4-9(7)3-1/h1-5H2. The van der Waals surface area contributed by atoms with E-state index < -0.39 is 0 Å². The second-order valence-corrected chi connectivity index (χ2v) is 3.32. The van der Waals surface area contributed by atoms with Crippen molar-refractivity contribution in [1.29, 1.82) is 0 Å². The normalized spacial score (nSPS) is 46.4. The van der Waals surface area contributed by atoms with Crippen molar-refractivity contribution in [2.24, 2.45) is 4.99 Å². The molecule has 3 heterocycles. The van der Waals surface area contributed by atoms with Crippen LogP contribution in [-0.2, 0) is 0 Å². The lowest BCUT2D eigenvalue weighted by Gasteiger charge is -2.54. The Morgan fingerprint density at radius 3 is 3.00 bits per heavy atom. The smallest absolute Gasteiger partial charge is 0.0804 e. The summed E-state index contributed by atoms with van der Waals surface area (Å²) in [6.45, 7) is 3.64. The van der Waals surface area contributed by atoms with Crippen molar-refractivity contribution in [1.82, 2.24) is 4.90 Å². The molecule has 0 aromatic carbocycles. The van der Waals surface area contributed by atoms with Gasteiger partial charge in [-0.25, -0.2) is 0 Å². The lowest BCUT2D eigenvalue weighted by molar-refractivity contribution is 0.152. The average Bonchev–Trinajstić information content (AvgIpc) is 2.23. The third-order valence-corrected chi connectivity index (χ3v) is 3.03. The Labute approximate surface area is 54.6 Å². The SMILES string of the molecule is C1CN2CC3=NCC32C1. The Kier molecular flexibility index (Phi) is 0.533. The van der Waals surface area contributed by atoms with E-state index in [2.05, 4.69) is 9.89 Å². The van der Waals surface area contributed by atoms with E-state index in [0.717, 1.165) is 6.54 Å². The van der Waals surface area contributed by atoms with Crippen molar-refractivity contribution >= 4 is 5.71 Å². The predicted molar refractivity (Wildman–Crippen MR) is 35.8 cm³/mol. The fourth-order valence-corrected chi connectivity index (χ4v) is 2.33. The Bertz CT molecular complexity index is 197. The van der Waals surface area contributed by atoms with Gasteiger partial charge in [-0.15, -0.1) is 0 Å².